The van der Waals surface area contributed by atoms with E-state index < -0.39 is 16.1 Å². The second kappa shape index (κ2) is 11.1. The molecule has 9 heteroatoms. The van der Waals surface area contributed by atoms with Gasteiger partial charge in [0.2, 0.25) is 22.7 Å². The van der Waals surface area contributed by atoms with Gasteiger partial charge in [0, 0.05) is 22.9 Å². The summed E-state index contributed by atoms with van der Waals surface area (Å²) in [5.41, 5.74) is 1.65. The Morgan fingerprint density at radius 2 is 1.80 bits per heavy atom. The molecule has 1 aliphatic rings. The van der Waals surface area contributed by atoms with Crippen LogP contribution < -0.4 is 9.47 Å². The van der Waals surface area contributed by atoms with Crippen molar-refractivity contribution in [1.29, 1.82) is 0 Å². The zero-order chi connectivity index (χ0) is 24.8. The number of sulfonamides is 1. The standard InChI is InChI=1S/C26H28N2O5S2/c1-20(2)28(35(30,31)14-12-21-7-4-3-5-8-21)18-26(29)27(17-23-9-6-13-34-23)16-22-10-11-24-25(15-22)33-19-32-24/h3-15,20H,16-19H2,1-2H3. The van der Waals surface area contributed by atoms with E-state index in [0.29, 0.717) is 24.6 Å². The molecule has 7 nitrogen and oxygen atoms in total. The third-order valence-corrected chi connectivity index (χ3v) is 8.06. The number of benzene rings is 2. The molecule has 0 N–H and O–H groups in total. The first kappa shape index (κ1) is 25.0. The number of hydrogen-bond donors (Lipinski definition) is 0. The van der Waals surface area contributed by atoms with Crippen LogP contribution in [0.15, 0.2) is 71.5 Å². The second-order valence-electron chi connectivity index (χ2n) is 8.41. The van der Waals surface area contributed by atoms with Crippen molar-refractivity contribution >= 4 is 33.3 Å². The molecule has 35 heavy (non-hydrogen) atoms. The summed E-state index contributed by atoms with van der Waals surface area (Å²) in [6.45, 7) is 4.16. The Bertz CT molecular complexity index is 1270. The van der Waals surface area contributed by atoms with Crippen molar-refractivity contribution in [1.82, 2.24) is 9.21 Å². The molecule has 1 amide bonds. The molecule has 2 heterocycles. The van der Waals surface area contributed by atoms with E-state index in [1.807, 2.05) is 66.0 Å². The molecular weight excluding hydrogens is 484 g/mol. The van der Waals surface area contributed by atoms with Crippen LogP contribution in [0.1, 0.15) is 29.9 Å². The van der Waals surface area contributed by atoms with Crippen LogP contribution >= 0.6 is 11.3 Å². The summed E-state index contributed by atoms with van der Waals surface area (Å²) in [4.78, 5) is 16.2. The van der Waals surface area contributed by atoms with Crippen LogP contribution in [0.25, 0.3) is 6.08 Å². The maximum absolute atomic E-state index is 13.5. The Morgan fingerprint density at radius 1 is 1.03 bits per heavy atom. The van der Waals surface area contributed by atoms with Gasteiger partial charge >= 0.3 is 0 Å². The minimum atomic E-state index is -3.82. The molecule has 3 aromatic rings. The summed E-state index contributed by atoms with van der Waals surface area (Å²) in [5, 5.41) is 3.12. The van der Waals surface area contributed by atoms with Gasteiger partial charge in [-0.2, -0.15) is 4.31 Å². The molecule has 2 aromatic carbocycles. The Kier molecular flexibility index (Phi) is 7.90. The lowest BCUT2D eigenvalue weighted by Gasteiger charge is -2.28. The van der Waals surface area contributed by atoms with E-state index in [1.165, 1.54) is 4.31 Å². The van der Waals surface area contributed by atoms with E-state index in [9.17, 15) is 13.2 Å². The minimum Gasteiger partial charge on any atom is -0.454 e. The summed E-state index contributed by atoms with van der Waals surface area (Å²) in [7, 11) is -3.82. The molecule has 0 saturated heterocycles. The summed E-state index contributed by atoms with van der Waals surface area (Å²) in [5.74, 6) is 1.04. The lowest BCUT2D eigenvalue weighted by atomic mass is 10.2. The van der Waals surface area contributed by atoms with Gasteiger partial charge in [0.15, 0.2) is 11.5 Å². The molecule has 0 unspecified atom stereocenters. The van der Waals surface area contributed by atoms with Crippen molar-refractivity contribution in [2.24, 2.45) is 0 Å². The van der Waals surface area contributed by atoms with Gasteiger partial charge in [0.25, 0.3) is 0 Å². The molecule has 184 valence electrons. The van der Waals surface area contributed by atoms with Gasteiger partial charge in [-0.05, 0) is 54.6 Å². The fourth-order valence-electron chi connectivity index (χ4n) is 3.69. The van der Waals surface area contributed by atoms with Crippen molar-refractivity contribution in [3.05, 3.63) is 87.5 Å². The first-order chi connectivity index (χ1) is 16.8. The molecule has 0 atom stereocenters. The maximum Gasteiger partial charge on any atom is 0.238 e. The molecule has 1 aromatic heterocycles. The molecule has 1 aliphatic heterocycles. The predicted molar refractivity (Wildman–Crippen MR) is 137 cm³/mol. The van der Waals surface area contributed by atoms with Gasteiger partial charge in [-0.15, -0.1) is 11.3 Å². The Labute approximate surface area is 210 Å². The number of fused-ring (bicyclic) bond motifs is 1. The third kappa shape index (κ3) is 6.50. The van der Waals surface area contributed by atoms with Gasteiger partial charge in [-0.25, -0.2) is 8.42 Å². The van der Waals surface area contributed by atoms with Crippen molar-refractivity contribution in [3.63, 3.8) is 0 Å². The summed E-state index contributed by atoms with van der Waals surface area (Å²) in [6, 6.07) is 18.3. The Hall–Kier alpha value is -3.14. The largest absolute Gasteiger partial charge is 0.454 e. The average molecular weight is 513 g/mol. The number of thiophene rings is 1. The smallest absolute Gasteiger partial charge is 0.238 e. The Balaban J connectivity index is 1.54. The normalized spacial score (nSPS) is 13.1. The van der Waals surface area contributed by atoms with Crippen molar-refractivity contribution in [3.8, 4) is 11.5 Å². The Morgan fingerprint density at radius 3 is 2.51 bits per heavy atom. The van der Waals surface area contributed by atoms with Gasteiger partial charge in [0.05, 0.1) is 13.1 Å². The highest BCUT2D eigenvalue weighted by Crippen LogP contribution is 2.33. The molecule has 0 radical (unpaired) electrons. The van der Waals surface area contributed by atoms with E-state index in [-0.39, 0.29) is 19.2 Å². The van der Waals surface area contributed by atoms with E-state index in [1.54, 1.807) is 36.2 Å². The van der Waals surface area contributed by atoms with Gasteiger partial charge in [-0.1, -0.05) is 42.5 Å². The van der Waals surface area contributed by atoms with Crippen molar-refractivity contribution in [2.75, 3.05) is 13.3 Å². The van der Waals surface area contributed by atoms with Crippen LogP contribution in [-0.2, 0) is 27.9 Å². The monoisotopic (exact) mass is 512 g/mol. The topological polar surface area (TPSA) is 76.2 Å². The molecule has 0 spiro atoms. The molecule has 0 saturated carbocycles. The molecule has 0 fully saturated rings. The van der Waals surface area contributed by atoms with Crippen LogP contribution in [0.5, 0.6) is 11.5 Å². The van der Waals surface area contributed by atoms with Crippen LogP contribution in [0, 0.1) is 0 Å². The number of hydrogen-bond acceptors (Lipinski definition) is 6. The molecular formula is C26H28N2O5S2. The highest BCUT2D eigenvalue weighted by atomic mass is 32.2. The van der Waals surface area contributed by atoms with Gasteiger partial charge in [0.1, 0.15) is 0 Å². The van der Waals surface area contributed by atoms with Crippen LogP contribution in [0.4, 0.5) is 0 Å². The first-order valence-corrected chi connectivity index (χ1v) is 13.6. The third-order valence-electron chi connectivity index (χ3n) is 5.52. The lowest BCUT2D eigenvalue weighted by molar-refractivity contribution is -0.132. The fourth-order valence-corrected chi connectivity index (χ4v) is 5.77. The van der Waals surface area contributed by atoms with Gasteiger partial charge < -0.3 is 14.4 Å². The van der Waals surface area contributed by atoms with Crippen LogP contribution in [0.3, 0.4) is 0 Å². The highest BCUT2D eigenvalue weighted by molar-refractivity contribution is 7.92. The molecule has 0 bridgehead atoms. The summed E-state index contributed by atoms with van der Waals surface area (Å²) < 4.78 is 38.4. The zero-order valence-electron chi connectivity index (χ0n) is 19.7. The van der Waals surface area contributed by atoms with Crippen LogP contribution in [-0.4, -0.2) is 42.9 Å². The first-order valence-electron chi connectivity index (χ1n) is 11.3. The predicted octanol–water partition coefficient (Wildman–Crippen LogP) is 4.72. The SMILES string of the molecule is CC(C)N(CC(=O)N(Cc1ccc2c(c1)OCO2)Cc1cccs1)S(=O)(=O)C=Cc1ccccc1. The quantitative estimate of drug-likeness (QED) is 0.393. The summed E-state index contributed by atoms with van der Waals surface area (Å²) in [6.07, 6.45) is 1.55. The lowest BCUT2D eigenvalue weighted by Crippen LogP contribution is -2.44. The number of carbonyl (C=O) groups is 1. The molecule has 0 aliphatic carbocycles. The number of rotatable bonds is 10. The number of ether oxygens (including phenoxy) is 2. The number of carbonyl (C=O) groups excluding carboxylic acids is 1. The van der Waals surface area contributed by atoms with E-state index in [2.05, 4.69) is 0 Å². The average Bonchev–Trinajstić information content (AvgIpc) is 3.53. The number of nitrogens with zero attached hydrogens (tertiary/aromatic N) is 2. The summed E-state index contributed by atoms with van der Waals surface area (Å²) >= 11 is 1.55. The minimum absolute atomic E-state index is 0.175. The maximum atomic E-state index is 13.5. The second-order valence-corrected chi connectivity index (χ2v) is 11.2. The van der Waals surface area contributed by atoms with E-state index in [0.717, 1.165) is 21.4 Å². The van der Waals surface area contributed by atoms with E-state index in [4.69, 9.17) is 9.47 Å². The van der Waals surface area contributed by atoms with Crippen LogP contribution in [0.2, 0.25) is 0 Å². The zero-order valence-corrected chi connectivity index (χ0v) is 21.3. The fraction of sp³-hybridized carbons (Fsp3) is 0.269. The molecule has 4 rings (SSSR count). The van der Waals surface area contributed by atoms with Crippen molar-refractivity contribution < 1.29 is 22.7 Å². The van der Waals surface area contributed by atoms with Gasteiger partial charge in [-0.3, -0.25) is 4.79 Å². The number of amides is 1. The highest BCUT2D eigenvalue weighted by Gasteiger charge is 2.28. The van der Waals surface area contributed by atoms with Crippen molar-refractivity contribution in [2.45, 2.75) is 33.0 Å². The van der Waals surface area contributed by atoms with E-state index >= 15 is 0 Å².